The monoisotopic (exact) mass is 393 g/mol. The molecule has 0 aromatic heterocycles. The molecule has 3 heterocycles. The standard InChI is InChI=1S/C22H23N3O4/c26-21-13-18(22(27)25(21)17-4-2-1-3-5-17)24-10-8-23(9-11-24)14-16-6-7-19-20(12-16)29-15-28-19/h1-7,12,18H,8-11,13-15H2/t18-/m1/s1. The van der Waals surface area contributed by atoms with Gasteiger partial charge in [0, 0.05) is 32.7 Å². The molecule has 0 saturated carbocycles. The van der Waals surface area contributed by atoms with E-state index in [2.05, 4.69) is 15.9 Å². The molecule has 0 bridgehead atoms. The van der Waals surface area contributed by atoms with E-state index >= 15 is 0 Å². The zero-order valence-corrected chi connectivity index (χ0v) is 16.1. The maximum absolute atomic E-state index is 12.9. The van der Waals surface area contributed by atoms with Crippen molar-refractivity contribution in [3.05, 3.63) is 54.1 Å². The number of benzene rings is 2. The zero-order valence-electron chi connectivity index (χ0n) is 16.1. The first-order chi connectivity index (χ1) is 14.2. The first-order valence-electron chi connectivity index (χ1n) is 9.96. The average Bonchev–Trinajstić information content (AvgIpc) is 3.33. The van der Waals surface area contributed by atoms with Crippen LogP contribution in [0.4, 0.5) is 5.69 Å². The highest BCUT2D eigenvalue weighted by Gasteiger charge is 2.43. The van der Waals surface area contributed by atoms with Gasteiger partial charge >= 0.3 is 0 Å². The zero-order chi connectivity index (χ0) is 19.8. The lowest BCUT2D eigenvalue weighted by Crippen LogP contribution is -2.52. The minimum Gasteiger partial charge on any atom is -0.454 e. The molecular formula is C22H23N3O4. The van der Waals surface area contributed by atoms with Gasteiger partial charge in [0.15, 0.2) is 11.5 Å². The van der Waals surface area contributed by atoms with Crippen molar-refractivity contribution >= 4 is 17.5 Å². The van der Waals surface area contributed by atoms with E-state index in [0.29, 0.717) is 5.69 Å². The van der Waals surface area contributed by atoms with Crippen LogP contribution in [0.1, 0.15) is 12.0 Å². The molecule has 0 aliphatic carbocycles. The van der Waals surface area contributed by atoms with Crippen LogP contribution in [0.3, 0.4) is 0 Å². The number of imide groups is 1. The van der Waals surface area contributed by atoms with Gasteiger partial charge in [-0.15, -0.1) is 0 Å². The molecule has 2 saturated heterocycles. The summed E-state index contributed by atoms with van der Waals surface area (Å²) < 4.78 is 10.8. The Bertz CT molecular complexity index is 925. The highest BCUT2D eigenvalue weighted by atomic mass is 16.7. The molecular weight excluding hydrogens is 370 g/mol. The second kappa shape index (κ2) is 7.50. The fraction of sp³-hybridized carbons (Fsp3) is 0.364. The second-order valence-electron chi connectivity index (χ2n) is 7.62. The number of nitrogens with zero attached hydrogens (tertiary/aromatic N) is 3. The summed E-state index contributed by atoms with van der Waals surface area (Å²) >= 11 is 0. The van der Waals surface area contributed by atoms with Crippen LogP contribution in [0, 0.1) is 0 Å². The molecule has 7 heteroatoms. The Hall–Kier alpha value is -2.90. The summed E-state index contributed by atoms with van der Waals surface area (Å²) in [6.45, 7) is 4.38. The summed E-state index contributed by atoms with van der Waals surface area (Å²) in [6, 6.07) is 14.9. The Morgan fingerprint density at radius 1 is 0.897 bits per heavy atom. The summed E-state index contributed by atoms with van der Waals surface area (Å²) in [5.74, 6) is 1.38. The first-order valence-corrected chi connectivity index (χ1v) is 9.96. The third-order valence-corrected chi connectivity index (χ3v) is 5.83. The Morgan fingerprint density at radius 3 is 2.45 bits per heavy atom. The van der Waals surface area contributed by atoms with E-state index in [-0.39, 0.29) is 31.1 Å². The molecule has 7 nitrogen and oxygen atoms in total. The molecule has 3 aliphatic rings. The van der Waals surface area contributed by atoms with Gasteiger partial charge in [-0.25, -0.2) is 4.90 Å². The highest BCUT2D eigenvalue weighted by molar-refractivity contribution is 6.22. The number of para-hydroxylation sites is 1. The smallest absolute Gasteiger partial charge is 0.251 e. The van der Waals surface area contributed by atoms with Crippen molar-refractivity contribution < 1.29 is 19.1 Å². The number of piperazine rings is 1. The highest BCUT2D eigenvalue weighted by Crippen LogP contribution is 2.33. The number of carbonyl (C=O) groups is 2. The van der Waals surface area contributed by atoms with Gasteiger partial charge < -0.3 is 9.47 Å². The molecule has 0 unspecified atom stereocenters. The normalized spacial score (nSPS) is 22.5. The molecule has 2 aromatic carbocycles. The van der Waals surface area contributed by atoms with Crippen LogP contribution >= 0.6 is 0 Å². The fourth-order valence-electron chi connectivity index (χ4n) is 4.28. The topological polar surface area (TPSA) is 62.3 Å². The SMILES string of the molecule is O=C1C[C@@H](N2CCN(Cc3ccc4c(c3)OCO4)CC2)C(=O)N1c1ccccc1. The van der Waals surface area contributed by atoms with Crippen molar-refractivity contribution in [3.8, 4) is 11.5 Å². The van der Waals surface area contributed by atoms with Crippen LogP contribution < -0.4 is 14.4 Å². The van der Waals surface area contributed by atoms with E-state index in [4.69, 9.17) is 9.47 Å². The average molecular weight is 393 g/mol. The molecule has 150 valence electrons. The van der Waals surface area contributed by atoms with Gasteiger partial charge in [0.25, 0.3) is 5.91 Å². The number of fused-ring (bicyclic) bond motifs is 1. The van der Waals surface area contributed by atoms with Crippen LogP contribution in [0.5, 0.6) is 11.5 Å². The Balaban J connectivity index is 1.20. The number of hydrogen-bond acceptors (Lipinski definition) is 6. The number of carbonyl (C=O) groups excluding carboxylic acids is 2. The third kappa shape index (κ3) is 3.47. The summed E-state index contributed by atoms with van der Waals surface area (Å²) in [4.78, 5) is 31.3. The predicted octanol–water partition coefficient (Wildman–Crippen LogP) is 1.86. The number of rotatable bonds is 4. The number of ether oxygens (including phenoxy) is 2. The van der Waals surface area contributed by atoms with Crippen molar-refractivity contribution in [1.82, 2.24) is 9.80 Å². The summed E-state index contributed by atoms with van der Waals surface area (Å²) in [5.41, 5.74) is 1.84. The van der Waals surface area contributed by atoms with Gasteiger partial charge in [-0.3, -0.25) is 19.4 Å². The van der Waals surface area contributed by atoms with Gasteiger partial charge in [-0.1, -0.05) is 24.3 Å². The lowest BCUT2D eigenvalue weighted by atomic mass is 10.1. The van der Waals surface area contributed by atoms with E-state index in [1.807, 2.05) is 42.5 Å². The van der Waals surface area contributed by atoms with Crippen molar-refractivity contribution in [2.45, 2.75) is 19.0 Å². The largest absolute Gasteiger partial charge is 0.454 e. The third-order valence-electron chi connectivity index (χ3n) is 5.83. The molecule has 5 rings (SSSR count). The molecule has 2 fully saturated rings. The van der Waals surface area contributed by atoms with Gasteiger partial charge in [0.05, 0.1) is 18.2 Å². The van der Waals surface area contributed by atoms with Crippen LogP contribution in [-0.4, -0.2) is 60.6 Å². The van der Waals surface area contributed by atoms with E-state index in [1.54, 1.807) is 0 Å². The fourth-order valence-corrected chi connectivity index (χ4v) is 4.28. The van der Waals surface area contributed by atoms with Crippen LogP contribution in [0.25, 0.3) is 0 Å². The molecule has 3 aliphatic heterocycles. The maximum Gasteiger partial charge on any atom is 0.251 e. The van der Waals surface area contributed by atoms with E-state index in [1.165, 1.54) is 10.5 Å². The quantitative estimate of drug-likeness (QED) is 0.739. The van der Waals surface area contributed by atoms with Crippen LogP contribution in [0.15, 0.2) is 48.5 Å². The van der Waals surface area contributed by atoms with Crippen molar-refractivity contribution in [2.24, 2.45) is 0 Å². The van der Waals surface area contributed by atoms with Gasteiger partial charge in [-0.05, 0) is 29.8 Å². The Labute approximate surface area is 169 Å². The summed E-state index contributed by atoms with van der Waals surface area (Å²) in [7, 11) is 0. The minimum atomic E-state index is -0.351. The van der Waals surface area contributed by atoms with Gasteiger partial charge in [0.2, 0.25) is 12.7 Å². The number of anilines is 1. The molecule has 0 N–H and O–H groups in total. The summed E-state index contributed by atoms with van der Waals surface area (Å²) in [6.07, 6.45) is 0.260. The van der Waals surface area contributed by atoms with Crippen LogP contribution in [0.2, 0.25) is 0 Å². The van der Waals surface area contributed by atoms with Crippen molar-refractivity contribution in [1.29, 1.82) is 0 Å². The minimum absolute atomic E-state index is 0.106. The van der Waals surface area contributed by atoms with Gasteiger partial charge in [0.1, 0.15) is 0 Å². The number of hydrogen-bond donors (Lipinski definition) is 0. The molecule has 2 amide bonds. The van der Waals surface area contributed by atoms with E-state index in [0.717, 1.165) is 44.2 Å². The molecule has 0 spiro atoms. The van der Waals surface area contributed by atoms with Crippen LogP contribution in [-0.2, 0) is 16.1 Å². The Kier molecular flexibility index (Phi) is 4.69. The predicted molar refractivity (Wildman–Crippen MR) is 107 cm³/mol. The Morgan fingerprint density at radius 2 is 1.66 bits per heavy atom. The lowest BCUT2D eigenvalue weighted by Gasteiger charge is -2.37. The van der Waals surface area contributed by atoms with E-state index < -0.39 is 0 Å². The van der Waals surface area contributed by atoms with Gasteiger partial charge in [-0.2, -0.15) is 0 Å². The molecule has 0 radical (unpaired) electrons. The van der Waals surface area contributed by atoms with Crippen molar-refractivity contribution in [3.63, 3.8) is 0 Å². The van der Waals surface area contributed by atoms with E-state index in [9.17, 15) is 9.59 Å². The molecule has 29 heavy (non-hydrogen) atoms. The molecule has 1 atom stereocenters. The lowest BCUT2D eigenvalue weighted by molar-refractivity contribution is -0.123. The summed E-state index contributed by atoms with van der Waals surface area (Å²) in [5, 5.41) is 0. The first kappa shape index (κ1) is 18.1. The van der Waals surface area contributed by atoms with Crippen molar-refractivity contribution in [2.75, 3.05) is 37.9 Å². The molecule has 2 aromatic rings. The maximum atomic E-state index is 12.9. The second-order valence-corrected chi connectivity index (χ2v) is 7.62. The number of amides is 2.